The average Bonchev–Trinajstić information content (AvgIpc) is 3.37. The molecule has 0 saturated carbocycles. The molecule has 6 aromatic rings. The van der Waals surface area contributed by atoms with Crippen molar-refractivity contribution in [3.05, 3.63) is 126 Å². The minimum atomic E-state index is 0.0828. The third-order valence-corrected chi connectivity index (χ3v) is 9.28. The molecule has 0 amide bonds. The van der Waals surface area contributed by atoms with Crippen LogP contribution in [0, 0.1) is 0 Å². The molecular weight excluding hydrogens is 519 g/mol. The van der Waals surface area contributed by atoms with Gasteiger partial charge in [-0.05, 0) is 88.1 Å². The maximum Gasteiger partial charge on any atom is 0.260 e. The summed E-state index contributed by atoms with van der Waals surface area (Å²) >= 11 is 1.78. The number of thiophene rings is 1. The first-order valence-electron chi connectivity index (χ1n) is 13.9. The molecule has 2 nitrogen and oxygen atoms in total. The highest BCUT2D eigenvalue weighted by molar-refractivity contribution is 7.20. The second-order valence-corrected chi connectivity index (χ2v) is 11.6. The number of ether oxygens (including phenoxy) is 2. The molecule has 0 radical (unpaired) electrons. The number of allylic oxidation sites excluding steroid dienone is 1. The van der Waals surface area contributed by atoms with E-state index in [0.717, 1.165) is 39.6 Å². The van der Waals surface area contributed by atoms with Gasteiger partial charge in [-0.1, -0.05) is 85.5 Å². The molecule has 2 aliphatic rings. The molecule has 0 atom stereocenters. The fraction of sp³-hybridized carbons (Fsp3) is 0.0270. The quantitative estimate of drug-likeness (QED) is 0.207. The van der Waals surface area contributed by atoms with Crippen LogP contribution in [0.3, 0.4) is 0 Å². The van der Waals surface area contributed by atoms with Crippen LogP contribution in [-0.2, 0) is 0 Å². The number of para-hydroxylation sites is 2. The van der Waals surface area contributed by atoms with Crippen LogP contribution in [0.15, 0.2) is 116 Å². The van der Waals surface area contributed by atoms with Gasteiger partial charge in [-0.15, -0.1) is 11.3 Å². The summed E-state index contributed by atoms with van der Waals surface area (Å²) in [6, 6.07) is 36.5. The van der Waals surface area contributed by atoms with Gasteiger partial charge in [0, 0.05) is 20.4 Å². The van der Waals surface area contributed by atoms with Gasteiger partial charge >= 0.3 is 0 Å². The number of hydrogen-bond donors (Lipinski definition) is 0. The lowest BCUT2D eigenvalue weighted by atomic mass is 9.35. The van der Waals surface area contributed by atoms with Crippen molar-refractivity contribution in [1.82, 2.24) is 0 Å². The molecule has 2 aliphatic heterocycles. The second-order valence-electron chi connectivity index (χ2n) is 10.5. The lowest BCUT2D eigenvalue weighted by molar-refractivity contribution is 0.465. The maximum atomic E-state index is 6.52. The van der Waals surface area contributed by atoms with Crippen LogP contribution in [0.5, 0.6) is 23.0 Å². The summed E-state index contributed by atoms with van der Waals surface area (Å²) in [5.41, 5.74) is 9.22. The van der Waals surface area contributed by atoms with Crippen LogP contribution >= 0.6 is 11.3 Å². The molecule has 5 aromatic carbocycles. The molecule has 3 heterocycles. The van der Waals surface area contributed by atoms with Crippen LogP contribution in [0.25, 0.3) is 44.5 Å². The van der Waals surface area contributed by atoms with E-state index in [0.29, 0.717) is 0 Å². The second kappa shape index (κ2) is 9.40. The van der Waals surface area contributed by atoms with Crippen molar-refractivity contribution in [3.8, 4) is 45.3 Å². The van der Waals surface area contributed by atoms with Gasteiger partial charge in [0.25, 0.3) is 6.71 Å². The maximum absolute atomic E-state index is 6.52. The Morgan fingerprint density at radius 2 is 1.29 bits per heavy atom. The van der Waals surface area contributed by atoms with Crippen molar-refractivity contribution in [1.29, 1.82) is 0 Å². The average molecular weight is 544 g/mol. The fourth-order valence-electron chi connectivity index (χ4n) is 6.24. The topological polar surface area (TPSA) is 18.5 Å². The van der Waals surface area contributed by atoms with Gasteiger partial charge in [0.15, 0.2) is 0 Å². The third-order valence-electron chi connectivity index (χ3n) is 8.10. The normalized spacial score (nSPS) is 12.9. The first kappa shape index (κ1) is 24.0. The monoisotopic (exact) mass is 544 g/mol. The molecule has 1 aromatic heterocycles. The predicted molar refractivity (Wildman–Crippen MR) is 175 cm³/mol. The predicted octanol–water partition coefficient (Wildman–Crippen LogP) is 8.64. The first-order valence-corrected chi connectivity index (χ1v) is 14.7. The van der Waals surface area contributed by atoms with Crippen molar-refractivity contribution in [2.24, 2.45) is 0 Å². The number of rotatable bonds is 4. The Morgan fingerprint density at radius 3 is 1.95 bits per heavy atom. The van der Waals surface area contributed by atoms with E-state index in [1.807, 2.05) is 18.2 Å². The molecule has 0 aliphatic carbocycles. The van der Waals surface area contributed by atoms with Crippen molar-refractivity contribution < 1.29 is 9.47 Å². The van der Waals surface area contributed by atoms with Gasteiger partial charge in [0.05, 0.1) is 0 Å². The smallest absolute Gasteiger partial charge is 0.260 e. The molecule has 194 valence electrons. The van der Waals surface area contributed by atoms with E-state index in [-0.39, 0.29) is 6.71 Å². The molecule has 0 spiro atoms. The third kappa shape index (κ3) is 3.79. The zero-order valence-corrected chi connectivity index (χ0v) is 23.4. The Balaban J connectivity index is 1.25. The van der Waals surface area contributed by atoms with E-state index >= 15 is 0 Å². The first-order chi connectivity index (χ1) is 20.2. The number of hydrogen-bond acceptors (Lipinski definition) is 3. The molecule has 0 unspecified atom stereocenters. The summed E-state index contributed by atoms with van der Waals surface area (Å²) in [7, 11) is 0. The van der Waals surface area contributed by atoms with E-state index in [1.54, 1.807) is 11.3 Å². The minimum absolute atomic E-state index is 0.0828. The largest absolute Gasteiger partial charge is 0.458 e. The fourth-order valence-corrected chi connectivity index (χ4v) is 7.27. The summed E-state index contributed by atoms with van der Waals surface area (Å²) in [4.78, 5) is 1.20. The van der Waals surface area contributed by atoms with Gasteiger partial charge in [-0.3, -0.25) is 0 Å². The Hall–Kier alpha value is -4.80. The van der Waals surface area contributed by atoms with E-state index in [4.69, 9.17) is 9.47 Å². The lowest BCUT2D eigenvalue weighted by Crippen LogP contribution is -2.57. The summed E-state index contributed by atoms with van der Waals surface area (Å²) in [5.74, 6) is 3.51. The standard InChI is InChI=1S/C37H25BO2S/c1-3-10-27-28-20-25(17-18-36(28)41-35(27)4-2)23-11-9-12-24(19-23)26-21-33-37-34(22-26)40-32-16-8-6-14-30(32)38(37)29-13-5-7-15-31(29)39-33/h3-22H,2H2,1H3/b10-3-. The van der Waals surface area contributed by atoms with E-state index < -0.39 is 0 Å². The molecule has 0 fully saturated rings. The molecular formula is C37H25BO2S. The minimum Gasteiger partial charge on any atom is -0.458 e. The SMILES string of the molecule is C=Cc1sc2ccc(-c3cccc(-c4cc5c6c(c4)Oc4ccccc4B6c4ccccc4O5)c3)cc2c1/C=C\C. The van der Waals surface area contributed by atoms with Crippen LogP contribution in [0.4, 0.5) is 0 Å². The molecule has 0 bridgehead atoms. The summed E-state index contributed by atoms with van der Waals surface area (Å²) in [5, 5.41) is 1.26. The highest BCUT2D eigenvalue weighted by Gasteiger charge is 2.40. The van der Waals surface area contributed by atoms with Gasteiger partial charge in [-0.25, -0.2) is 0 Å². The van der Waals surface area contributed by atoms with Gasteiger partial charge in [0.2, 0.25) is 0 Å². The summed E-state index contributed by atoms with van der Waals surface area (Å²) in [6.45, 7) is 6.17. The van der Waals surface area contributed by atoms with Crippen molar-refractivity contribution in [2.45, 2.75) is 6.92 Å². The number of fused-ring (bicyclic) bond motifs is 5. The lowest BCUT2D eigenvalue weighted by Gasteiger charge is -2.33. The zero-order valence-electron chi connectivity index (χ0n) is 22.6. The van der Waals surface area contributed by atoms with E-state index in [9.17, 15) is 0 Å². The zero-order chi connectivity index (χ0) is 27.5. The van der Waals surface area contributed by atoms with Crippen molar-refractivity contribution in [3.63, 3.8) is 0 Å². The molecule has 4 heteroatoms. The van der Waals surface area contributed by atoms with Crippen LogP contribution in [0.2, 0.25) is 0 Å². The molecule has 0 saturated heterocycles. The summed E-state index contributed by atoms with van der Waals surface area (Å²) < 4.78 is 14.3. The van der Waals surface area contributed by atoms with Gasteiger partial charge < -0.3 is 9.47 Å². The van der Waals surface area contributed by atoms with E-state index in [2.05, 4.69) is 117 Å². The van der Waals surface area contributed by atoms with Crippen LogP contribution < -0.4 is 25.9 Å². The Labute approximate surface area is 243 Å². The number of benzene rings is 5. The van der Waals surface area contributed by atoms with Gasteiger partial charge in [-0.2, -0.15) is 0 Å². The highest BCUT2D eigenvalue weighted by atomic mass is 32.1. The molecule has 8 rings (SSSR count). The van der Waals surface area contributed by atoms with Crippen LogP contribution in [0.1, 0.15) is 17.4 Å². The highest BCUT2D eigenvalue weighted by Crippen LogP contribution is 2.40. The van der Waals surface area contributed by atoms with E-state index in [1.165, 1.54) is 42.6 Å². The molecule has 0 N–H and O–H groups in total. The Morgan fingerprint density at radius 1 is 0.659 bits per heavy atom. The molecule has 41 heavy (non-hydrogen) atoms. The summed E-state index contributed by atoms with van der Waals surface area (Å²) in [6.07, 6.45) is 6.22. The van der Waals surface area contributed by atoms with Crippen LogP contribution in [-0.4, -0.2) is 6.71 Å². The Bertz CT molecular complexity index is 1980. The van der Waals surface area contributed by atoms with Gasteiger partial charge in [0.1, 0.15) is 23.0 Å². The Kier molecular flexibility index (Phi) is 5.51. The van der Waals surface area contributed by atoms with Crippen molar-refractivity contribution >= 4 is 56.7 Å². The van der Waals surface area contributed by atoms with Crippen molar-refractivity contribution in [2.75, 3.05) is 0 Å².